The van der Waals surface area contributed by atoms with Gasteiger partial charge >= 0.3 is 12.1 Å². The van der Waals surface area contributed by atoms with Crippen LogP contribution in [-0.2, 0) is 24.1 Å². The summed E-state index contributed by atoms with van der Waals surface area (Å²) in [6, 6.07) is 3.35. The van der Waals surface area contributed by atoms with Gasteiger partial charge in [-0.15, -0.1) is 5.92 Å². The number of hydrogen-bond acceptors (Lipinski definition) is 7. The van der Waals surface area contributed by atoms with Gasteiger partial charge in [0.15, 0.2) is 14.6 Å². The number of amides is 1. The summed E-state index contributed by atoms with van der Waals surface area (Å²) in [6.45, 7) is 4.72. The molecule has 0 bridgehead atoms. The first-order chi connectivity index (χ1) is 12.6. The van der Waals surface area contributed by atoms with Crippen LogP contribution in [0.5, 0.6) is 0 Å². The van der Waals surface area contributed by atoms with Gasteiger partial charge in [0.25, 0.3) is 0 Å². The predicted molar refractivity (Wildman–Crippen MR) is 98.9 cm³/mol. The molecular formula is C18H22N2O6S. The zero-order valence-corrected chi connectivity index (χ0v) is 16.5. The standard InChI is InChI=1S/C18H22N2O6S/c1-5-7-13-8-9-15(19-11-13)20-12-14(26-17(20)22)10-18(3,27(4,23)24)16(21)25-6-2/h8-9,11,14H,6,10,12H2,1-4H3/t14-,18+/m0/s1. The molecule has 9 heteroatoms. The molecule has 0 aliphatic carbocycles. The fourth-order valence-corrected chi connectivity index (χ4v) is 3.53. The highest BCUT2D eigenvalue weighted by atomic mass is 32.2. The van der Waals surface area contributed by atoms with Crippen LogP contribution in [-0.4, -0.2) is 55.7 Å². The molecule has 1 amide bonds. The predicted octanol–water partition coefficient (Wildman–Crippen LogP) is 1.53. The van der Waals surface area contributed by atoms with Crippen molar-refractivity contribution in [1.82, 2.24) is 4.98 Å². The zero-order chi connectivity index (χ0) is 20.2. The van der Waals surface area contributed by atoms with Crippen LogP contribution in [0.3, 0.4) is 0 Å². The van der Waals surface area contributed by atoms with Crippen molar-refractivity contribution < 1.29 is 27.5 Å². The van der Waals surface area contributed by atoms with Crippen LogP contribution < -0.4 is 4.90 Å². The van der Waals surface area contributed by atoms with Crippen LogP contribution in [0.4, 0.5) is 10.6 Å². The van der Waals surface area contributed by atoms with Crippen molar-refractivity contribution in [1.29, 1.82) is 0 Å². The number of anilines is 1. The second-order valence-electron chi connectivity index (χ2n) is 6.32. The van der Waals surface area contributed by atoms with Crippen LogP contribution >= 0.6 is 0 Å². The summed E-state index contributed by atoms with van der Waals surface area (Å²) in [5.41, 5.74) is 0.706. The molecule has 1 aromatic heterocycles. The molecule has 0 aromatic carbocycles. The van der Waals surface area contributed by atoms with Gasteiger partial charge in [0.05, 0.1) is 13.2 Å². The fraction of sp³-hybridized carbons (Fsp3) is 0.500. The summed E-state index contributed by atoms with van der Waals surface area (Å²) in [5.74, 6) is 5.11. The van der Waals surface area contributed by atoms with E-state index in [1.165, 1.54) is 18.0 Å². The largest absolute Gasteiger partial charge is 0.465 e. The van der Waals surface area contributed by atoms with E-state index in [9.17, 15) is 18.0 Å². The molecule has 8 nitrogen and oxygen atoms in total. The lowest BCUT2D eigenvalue weighted by Gasteiger charge is -2.27. The molecule has 0 saturated carbocycles. The number of carbonyl (C=O) groups is 2. The Morgan fingerprint density at radius 1 is 1.48 bits per heavy atom. The molecule has 146 valence electrons. The van der Waals surface area contributed by atoms with Gasteiger partial charge in [-0.2, -0.15) is 0 Å². The van der Waals surface area contributed by atoms with Gasteiger partial charge in [0.1, 0.15) is 11.9 Å². The Bertz CT molecular complexity index is 885. The van der Waals surface area contributed by atoms with Crippen molar-refractivity contribution in [2.24, 2.45) is 0 Å². The van der Waals surface area contributed by atoms with Gasteiger partial charge in [-0.25, -0.2) is 18.2 Å². The van der Waals surface area contributed by atoms with E-state index in [0.29, 0.717) is 11.4 Å². The molecule has 0 N–H and O–H groups in total. The first-order valence-electron chi connectivity index (χ1n) is 8.36. The van der Waals surface area contributed by atoms with E-state index in [2.05, 4.69) is 16.8 Å². The maximum atomic E-state index is 12.3. The van der Waals surface area contributed by atoms with E-state index < -0.39 is 32.8 Å². The van der Waals surface area contributed by atoms with E-state index >= 15 is 0 Å². The minimum absolute atomic E-state index is 0.0530. The number of sulfone groups is 1. The molecule has 1 aromatic rings. The average Bonchev–Trinajstić information content (AvgIpc) is 2.95. The zero-order valence-electron chi connectivity index (χ0n) is 15.7. The molecule has 0 unspecified atom stereocenters. The van der Waals surface area contributed by atoms with Gasteiger partial charge < -0.3 is 9.47 Å². The van der Waals surface area contributed by atoms with Crippen LogP contribution in [0.2, 0.25) is 0 Å². The number of hydrogen-bond donors (Lipinski definition) is 0. The van der Waals surface area contributed by atoms with Gasteiger partial charge in [0, 0.05) is 24.4 Å². The number of aromatic nitrogens is 1. The number of carbonyl (C=O) groups excluding carboxylic acids is 2. The van der Waals surface area contributed by atoms with Gasteiger partial charge in [0.2, 0.25) is 0 Å². The fourth-order valence-electron chi connectivity index (χ4n) is 2.68. The Balaban J connectivity index is 2.20. The molecule has 2 rings (SSSR count). The minimum Gasteiger partial charge on any atom is -0.465 e. The van der Waals surface area contributed by atoms with E-state index in [1.54, 1.807) is 26.0 Å². The third kappa shape index (κ3) is 4.39. The molecule has 0 spiro atoms. The van der Waals surface area contributed by atoms with E-state index in [1.807, 2.05) is 0 Å². The third-order valence-corrected chi connectivity index (χ3v) is 6.28. The monoisotopic (exact) mass is 394 g/mol. The average molecular weight is 394 g/mol. The lowest BCUT2D eigenvalue weighted by Crippen LogP contribution is -2.47. The normalized spacial score (nSPS) is 18.9. The van der Waals surface area contributed by atoms with Gasteiger partial charge in [-0.1, -0.05) is 5.92 Å². The van der Waals surface area contributed by atoms with Crippen molar-refractivity contribution >= 4 is 27.7 Å². The number of esters is 1. The summed E-state index contributed by atoms with van der Waals surface area (Å²) >= 11 is 0. The molecular weight excluding hydrogens is 372 g/mol. The van der Waals surface area contributed by atoms with Crippen molar-refractivity contribution in [2.75, 3.05) is 24.3 Å². The maximum Gasteiger partial charge on any atom is 0.415 e. The number of nitrogens with zero attached hydrogens (tertiary/aromatic N) is 2. The Hall–Kier alpha value is -2.60. The Morgan fingerprint density at radius 2 is 2.19 bits per heavy atom. The molecule has 0 radical (unpaired) electrons. The number of rotatable bonds is 6. The summed E-state index contributed by atoms with van der Waals surface area (Å²) in [5, 5.41) is 0. The van der Waals surface area contributed by atoms with Crippen molar-refractivity contribution in [3.63, 3.8) is 0 Å². The first-order valence-corrected chi connectivity index (χ1v) is 10.2. The Morgan fingerprint density at radius 3 is 2.70 bits per heavy atom. The highest BCUT2D eigenvalue weighted by molar-refractivity contribution is 7.92. The quantitative estimate of drug-likeness (QED) is 0.532. The SMILES string of the molecule is CC#Cc1ccc(N2C[C@H](C[C@](C)(C(=O)OCC)S(C)(=O)=O)OC2=O)nc1. The molecule has 2 heterocycles. The molecule has 1 aliphatic rings. The highest BCUT2D eigenvalue weighted by Crippen LogP contribution is 2.30. The number of cyclic esters (lactones) is 1. The molecule has 1 aliphatic heterocycles. The maximum absolute atomic E-state index is 12.3. The number of ether oxygens (including phenoxy) is 2. The number of pyridine rings is 1. The van der Waals surface area contributed by atoms with Crippen molar-refractivity contribution in [2.45, 2.75) is 38.0 Å². The van der Waals surface area contributed by atoms with Crippen molar-refractivity contribution in [3.8, 4) is 11.8 Å². The van der Waals surface area contributed by atoms with Gasteiger partial charge in [-0.3, -0.25) is 9.69 Å². The van der Waals surface area contributed by atoms with Crippen LogP contribution in [0.1, 0.15) is 32.8 Å². The van der Waals surface area contributed by atoms with E-state index in [-0.39, 0.29) is 19.6 Å². The molecule has 1 saturated heterocycles. The highest BCUT2D eigenvalue weighted by Gasteiger charge is 2.49. The summed E-state index contributed by atoms with van der Waals surface area (Å²) in [7, 11) is -3.80. The smallest absolute Gasteiger partial charge is 0.415 e. The van der Waals surface area contributed by atoms with Crippen molar-refractivity contribution in [3.05, 3.63) is 23.9 Å². The minimum atomic E-state index is -3.80. The summed E-state index contributed by atoms with van der Waals surface area (Å²) < 4.78 is 32.8. The van der Waals surface area contributed by atoms with Crippen LogP contribution in [0.25, 0.3) is 0 Å². The molecule has 27 heavy (non-hydrogen) atoms. The topological polar surface area (TPSA) is 103 Å². The molecule has 1 fully saturated rings. The lowest BCUT2D eigenvalue weighted by atomic mass is 10.0. The van der Waals surface area contributed by atoms with E-state index in [0.717, 1.165) is 6.26 Å². The first kappa shape index (κ1) is 20.7. The van der Waals surface area contributed by atoms with Crippen LogP contribution in [0.15, 0.2) is 18.3 Å². The van der Waals surface area contributed by atoms with Gasteiger partial charge in [-0.05, 0) is 32.9 Å². The lowest BCUT2D eigenvalue weighted by molar-refractivity contribution is -0.146. The third-order valence-electron chi connectivity index (χ3n) is 4.31. The van der Waals surface area contributed by atoms with E-state index in [4.69, 9.17) is 9.47 Å². The Kier molecular flexibility index (Phi) is 6.11. The molecule has 2 atom stereocenters. The summed E-state index contributed by atoms with van der Waals surface area (Å²) in [4.78, 5) is 29.9. The van der Waals surface area contributed by atoms with Crippen LogP contribution in [0, 0.1) is 11.8 Å². The Labute approximate surface area is 158 Å². The second kappa shape index (κ2) is 7.96. The summed E-state index contributed by atoms with van der Waals surface area (Å²) in [6.07, 6.45) is 0.853. The second-order valence-corrected chi connectivity index (χ2v) is 8.77.